The molecule has 0 spiro atoms. The number of anilines is 1. The van der Waals surface area contributed by atoms with Crippen molar-refractivity contribution in [1.82, 2.24) is 9.99 Å². The summed E-state index contributed by atoms with van der Waals surface area (Å²) in [6.45, 7) is 3.74. The molecule has 39 heavy (non-hydrogen) atoms. The number of nitrogens with zero attached hydrogens (tertiary/aromatic N) is 3. The van der Waals surface area contributed by atoms with Gasteiger partial charge in [0, 0.05) is 47.0 Å². The van der Waals surface area contributed by atoms with E-state index in [4.69, 9.17) is 30.9 Å². The molecule has 1 atom stereocenters. The molecule has 0 bridgehead atoms. The standard InChI is InChI=1S/C31H35ClN4O3/c1-22(35-27-12-15-33-28-20-25(32)10-11-26(27)28)13-16-36(17-14-23-8-6-5-7-9-23)34-21-24-18-29(37-2)31(39-4)30(19-24)38-3/h5-12,15,18-22H,13-14,16-17H2,1-4H3,(H,33,35)/b34-21+. The second-order valence-corrected chi connectivity index (χ2v) is 9.68. The Hall–Kier alpha value is -3.97. The van der Waals surface area contributed by atoms with E-state index in [0.29, 0.717) is 22.3 Å². The zero-order chi connectivity index (χ0) is 27.6. The first-order valence-corrected chi connectivity index (χ1v) is 13.3. The van der Waals surface area contributed by atoms with Crippen LogP contribution in [0.2, 0.25) is 5.02 Å². The summed E-state index contributed by atoms with van der Waals surface area (Å²) in [4.78, 5) is 4.45. The molecule has 204 valence electrons. The Morgan fingerprint density at radius 2 is 1.69 bits per heavy atom. The van der Waals surface area contributed by atoms with E-state index < -0.39 is 0 Å². The van der Waals surface area contributed by atoms with Gasteiger partial charge in [0.1, 0.15) is 0 Å². The topological polar surface area (TPSA) is 68.2 Å². The van der Waals surface area contributed by atoms with Gasteiger partial charge >= 0.3 is 0 Å². The molecule has 3 aromatic carbocycles. The van der Waals surface area contributed by atoms with Crippen LogP contribution in [0.5, 0.6) is 17.2 Å². The largest absolute Gasteiger partial charge is 0.493 e. The van der Waals surface area contributed by atoms with Gasteiger partial charge in [-0.1, -0.05) is 41.9 Å². The van der Waals surface area contributed by atoms with E-state index >= 15 is 0 Å². The Balaban J connectivity index is 1.48. The molecule has 4 rings (SSSR count). The third-order valence-electron chi connectivity index (χ3n) is 6.49. The molecule has 0 fully saturated rings. The maximum absolute atomic E-state index is 6.16. The molecule has 0 aliphatic heterocycles. The predicted molar refractivity (Wildman–Crippen MR) is 160 cm³/mol. The van der Waals surface area contributed by atoms with E-state index in [1.165, 1.54) is 5.56 Å². The molecule has 7 nitrogen and oxygen atoms in total. The van der Waals surface area contributed by atoms with Crippen molar-refractivity contribution in [2.45, 2.75) is 25.8 Å². The van der Waals surface area contributed by atoms with Crippen LogP contribution >= 0.6 is 11.6 Å². The van der Waals surface area contributed by atoms with E-state index in [1.807, 2.05) is 54.9 Å². The fourth-order valence-electron chi connectivity index (χ4n) is 4.38. The number of aromatic nitrogens is 1. The molecule has 1 heterocycles. The van der Waals surface area contributed by atoms with Crippen LogP contribution in [0, 0.1) is 0 Å². The zero-order valence-corrected chi connectivity index (χ0v) is 23.6. The molecule has 1 unspecified atom stereocenters. The lowest BCUT2D eigenvalue weighted by atomic mass is 10.1. The number of hydrazone groups is 1. The highest BCUT2D eigenvalue weighted by molar-refractivity contribution is 6.31. The number of rotatable bonds is 13. The first-order valence-electron chi connectivity index (χ1n) is 12.9. The Bertz CT molecular complexity index is 1370. The number of nitrogens with one attached hydrogen (secondary N) is 1. The summed E-state index contributed by atoms with van der Waals surface area (Å²) in [7, 11) is 4.82. The van der Waals surface area contributed by atoms with E-state index in [0.717, 1.165) is 48.1 Å². The Kier molecular flexibility index (Phi) is 9.86. The SMILES string of the molecule is COc1cc(/C=N/N(CCc2ccccc2)CCC(C)Nc2ccnc3cc(Cl)ccc23)cc(OC)c1OC. The average Bonchev–Trinajstić information content (AvgIpc) is 2.96. The molecule has 0 radical (unpaired) electrons. The second-order valence-electron chi connectivity index (χ2n) is 9.25. The van der Waals surface area contributed by atoms with E-state index in [-0.39, 0.29) is 6.04 Å². The van der Waals surface area contributed by atoms with Gasteiger partial charge in [-0.15, -0.1) is 0 Å². The van der Waals surface area contributed by atoms with Crippen molar-refractivity contribution in [3.8, 4) is 17.2 Å². The van der Waals surface area contributed by atoms with Gasteiger partial charge in [0.05, 0.1) is 33.1 Å². The van der Waals surface area contributed by atoms with Gasteiger partial charge in [-0.05, 0) is 61.7 Å². The highest BCUT2D eigenvalue weighted by Gasteiger charge is 2.13. The number of ether oxygens (including phenoxy) is 3. The molecule has 0 saturated heterocycles. The minimum Gasteiger partial charge on any atom is -0.493 e. The highest BCUT2D eigenvalue weighted by atomic mass is 35.5. The van der Waals surface area contributed by atoms with E-state index in [9.17, 15) is 0 Å². The highest BCUT2D eigenvalue weighted by Crippen LogP contribution is 2.37. The third-order valence-corrected chi connectivity index (χ3v) is 6.72. The third kappa shape index (κ3) is 7.54. The molecule has 0 aliphatic rings. The van der Waals surface area contributed by atoms with Gasteiger partial charge in [0.15, 0.2) is 11.5 Å². The fraction of sp³-hybridized carbons (Fsp3) is 0.290. The van der Waals surface area contributed by atoms with Crippen LogP contribution in [-0.2, 0) is 6.42 Å². The first kappa shape index (κ1) is 28.0. The van der Waals surface area contributed by atoms with Crippen LogP contribution in [0.15, 0.2) is 78.0 Å². The van der Waals surface area contributed by atoms with Crippen LogP contribution in [-0.4, -0.2) is 56.7 Å². The maximum Gasteiger partial charge on any atom is 0.203 e. The van der Waals surface area contributed by atoms with Gasteiger partial charge < -0.3 is 19.5 Å². The van der Waals surface area contributed by atoms with Crippen LogP contribution in [0.4, 0.5) is 5.69 Å². The fourth-order valence-corrected chi connectivity index (χ4v) is 4.55. The van der Waals surface area contributed by atoms with Crippen LogP contribution in [0.1, 0.15) is 24.5 Å². The lowest BCUT2D eigenvalue weighted by Gasteiger charge is -2.23. The second kappa shape index (κ2) is 13.7. The summed E-state index contributed by atoms with van der Waals surface area (Å²) in [6.07, 6.45) is 5.43. The van der Waals surface area contributed by atoms with Crippen molar-refractivity contribution in [3.05, 3.63) is 89.1 Å². The minimum atomic E-state index is 0.210. The Morgan fingerprint density at radius 1 is 0.949 bits per heavy atom. The van der Waals surface area contributed by atoms with Crippen molar-refractivity contribution >= 4 is 34.4 Å². The average molecular weight is 547 g/mol. The van der Waals surface area contributed by atoms with Crippen molar-refractivity contribution in [3.63, 3.8) is 0 Å². The summed E-state index contributed by atoms with van der Waals surface area (Å²) in [6, 6.07) is 22.2. The number of halogens is 1. The number of methoxy groups -OCH3 is 3. The number of hydrogen-bond acceptors (Lipinski definition) is 7. The summed E-state index contributed by atoms with van der Waals surface area (Å²) in [5.74, 6) is 1.75. The Labute approximate surface area is 235 Å². The summed E-state index contributed by atoms with van der Waals surface area (Å²) in [5.41, 5.74) is 4.06. The van der Waals surface area contributed by atoms with Crippen LogP contribution < -0.4 is 19.5 Å². The normalized spacial score (nSPS) is 11.9. The molecule has 0 aliphatic carbocycles. The molecule has 0 saturated carbocycles. The number of benzene rings is 3. The lowest BCUT2D eigenvalue weighted by Crippen LogP contribution is -2.27. The summed E-state index contributed by atoms with van der Waals surface area (Å²) in [5, 5.41) is 12.3. The number of fused-ring (bicyclic) bond motifs is 1. The number of pyridine rings is 1. The van der Waals surface area contributed by atoms with Gasteiger partial charge in [0.25, 0.3) is 0 Å². The van der Waals surface area contributed by atoms with Crippen molar-refractivity contribution in [1.29, 1.82) is 0 Å². The van der Waals surface area contributed by atoms with Gasteiger partial charge in [-0.3, -0.25) is 9.99 Å². The molecule has 1 aromatic heterocycles. The smallest absolute Gasteiger partial charge is 0.203 e. The lowest BCUT2D eigenvalue weighted by molar-refractivity contribution is 0.285. The van der Waals surface area contributed by atoms with Crippen molar-refractivity contribution in [2.75, 3.05) is 39.7 Å². The monoisotopic (exact) mass is 546 g/mol. The minimum absolute atomic E-state index is 0.210. The summed E-state index contributed by atoms with van der Waals surface area (Å²) >= 11 is 6.16. The zero-order valence-electron chi connectivity index (χ0n) is 22.9. The van der Waals surface area contributed by atoms with E-state index in [2.05, 4.69) is 46.5 Å². The maximum atomic E-state index is 6.16. The van der Waals surface area contributed by atoms with Gasteiger partial charge in [-0.25, -0.2) is 0 Å². The van der Waals surface area contributed by atoms with Gasteiger partial charge in [0.2, 0.25) is 5.75 Å². The molecule has 4 aromatic rings. The van der Waals surface area contributed by atoms with Crippen molar-refractivity contribution < 1.29 is 14.2 Å². The van der Waals surface area contributed by atoms with Gasteiger partial charge in [-0.2, -0.15) is 5.10 Å². The molecule has 8 heteroatoms. The Morgan fingerprint density at radius 3 is 2.38 bits per heavy atom. The molecule has 1 N–H and O–H groups in total. The molecular formula is C31H35ClN4O3. The summed E-state index contributed by atoms with van der Waals surface area (Å²) < 4.78 is 16.5. The predicted octanol–water partition coefficient (Wildman–Crippen LogP) is 6.68. The van der Waals surface area contributed by atoms with Crippen LogP contribution in [0.25, 0.3) is 10.9 Å². The number of hydrogen-bond donors (Lipinski definition) is 1. The quantitative estimate of drug-likeness (QED) is 0.149. The van der Waals surface area contributed by atoms with Crippen molar-refractivity contribution in [2.24, 2.45) is 5.10 Å². The first-order chi connectivity index (χ1) is 19.0. The van der Waals surface area contributed by atoms with E-state index in [1.54, 1.807) is 21.3 Å². The molecular weight excluding hydrogens is 512 g/mol. The molecule has 0 amide bonds. The van der Waals surface area contributed by atoms with Crippen LogP contribution in [0.3, 0.4) is 0 Å².